The monoisotopic (exact) mass is 286 g/mol. The Morgan fingerprint density at radius 3 is 3.00 bits per heavy atom. The Kier molecular flexibility index (Phi) is 4.29. The largest absolute Gasteiger partial charge is 0.351 e. The van der Waals surface area contributed by atoms with Crippen molar-refractivity contribution in [3.63, 3.8) is 0 Å². The molecule has 2 heterocycles. The van der Waals surface area contributed by atoms with Crippen LogP contribution >= 0.6 is 0 Å². The smallest absolute Gasteiger partial charge is 0.254 e. The van der Waals surface area contributed by atoms with E-state index in [4.69, 9.17) is 0 Å². The van der Waals surface area contributed by atoms with E-state index in [1.165, 1.54) is 0 Å². The molecule has 21 heavy (non-hydrogen) atoms. The third-order valence-electron chi connectivity index (χ3n) is 4.00. The van der Waals surface area contributed by atoms with Gasteiger partial charge in [-0.1, -0.05) is 12.2 Å². The fourth-order valence-electron chi connectivity index (χ4n) is 2.65. The van der Waals surface area contributed by atoms with Gasteiger partial charge in [-0.2, -0.15) is 0 Å². The maximum atomic E-state index is 12.3. The average molecular weight is 286 g/mol. The Bertz CT molecular complexity index is 551. The van der Waals surface area contributed by atoms with Crippen molar-refractivity contribution in [2.24, 2.45) is 0 Å². The van der Waals surface area contributed by atoms with Crippen LogP contribution in [0.1, 0.15) is 47.1 Å². The summed E-state index contributed by atoms with van der Waals surface area (Å²) < 4.78 is 0. The third-order valence-corrected chi connectivity index (χ3v) is 4.00. The number of carbonyl (C=O) groups is 1. The first-order valence-electron chi connectivity index (χ1n) is 7.73. The molecule has 112 valence electrons. The van der Waals surface area contributed by atoms with Gasteiger partial charge in [0.1, 0.15) is 5.82 Å². The van der Waals surface area contributed by atoms with Gasteiger partial charge in [-0.3, -0.25) is 9.69 Å². The Hall–Kier alpha value is -1.75. The number of rotatable bonds is 5. The van der Waals surface area contributed by atoms with Crippen LogP contribution in [0.4, 0.5) is 0 Å². The van der Waals surface area contributed by atoms with Gasteiger partial charge in [0.15, 0.2) is 0 Å². The molecule has 5 nitrogen and oxygen atoms in total. The lowest BCUT2D eigenvalue weighted by Gasteiger charge is -2.22. The molecule has 0 atom stereocenters. The molecule has 0 aromatic carbocycles. The summed E-state index contributed by atoms with van der Waals surface area (Å²) in [6, 6.07) is 0. The Labute approximate surface area is 125 Å². The standard InChI is InChI=1S/C16H22N4O/c1-12-18-11-14(15(19-12)13-5-6-13)16(21)17-7-10-20-8-3-2-4-9-20/h2-3,11,13H,4-10H2,1H3,(H,17,21). The van der Waals surface area contributed by atoms with Crippen LogP contribution in [0, 0.1) is 6.92 Å². The van der Waals surface area contributed by atoms with Gasteiger partial charge < -0.3 is 5.32 Å². The van der Waals surface area contributed by atoms with Crippen molar-refractivity contribution < 1.29 is 4.79 Å². The van der Waals surface area contributed by atoms with Crippen LogP contribution in [0.25, 0.3) is 0 Å². The highest BCUT2D eigenvalue weighted by Gasteiger charge is 2.30. The van der Waals surface area contributed by atoms with Gasteiger partial charge in [0.2, 0.25) is 0 Å². The number of aryl methyl sites for hydroxylation is 1. The summed E-state index contributed by atoms with van der Waals surface area (Å²) in [6.45, 7) is 5.49. The first-order chi connectivity index (χ1) is 10.2. The summed E-state index contributed by atoms with van der Waals surface area (Å²) in [7, 11) is 0. The minimum absolute atomic E-state index is 0.0375. The second kappa shape index (κ2) is 6.35. The van der Waals surface area contributed by atoms with Gasteiger partial charge in [0.25, 0.3) is 5.91 Å². The fraction of sp³-hybridized carbons (Fsp3) is 0.562. The van der Waals surface area contributed by atoms with Crippen molar-refractivity contribution in [1.82, 2.24) is 20.2 Å². The van der Waals surface area contributed by atoms with Crippen molar-refractivity contribution in [3.05, 3.63) is 35.4 Å². The maximum Gasteiger partial charge on any atom is 0.254 e. The SMILES string of the molecule is Cc1ncc(C(=O)NCCN2CC=CCC2)c(C2CC2)n1. The van der Waals surface area contributed by atoms with Crippen LogP contribution in [-0.2, 0) is 0 Å². The molecule has 0 spiro atoms. The molecule has 0 unspecified atom stereocenters. The number of hydrogen-bond acceptors (Lipinski definition) is 4. The Morgan fingerprint density at radius 2 is 2.29 bits per heavy atom. The highest BCUT2D eigenvalue weighted by Crippen LogP contribution is 2.40. The minimum atomic E-state index is -0.0375. The van der Waals surface area contributed by atoms with E-state index in [0.717, 1.165) is 50.4 Å². The van der Waals surface area contributed by atoms with Crippen LogP contribution in [0.2, 0.25) is 0 Å². The summed E-state index contributed by atoms with van der Waals surface area (Å²) in [6.07, 6.45) is 9.44. The molecule has 1 aliphatic carbocycles. The zero-order valence-corrected chi connectivity index (χ0v) is 12.5. The van der Waals surface area contributed by atoms with Gasteiger partial charge in [-0.05, 0) is 26.2 Å². The molecule has 3 rings (SSSR count). The summed E-state index contributed by atoms with van der Waals surface area (Å²) in [5.41, 5.74) is 1.59. The molecule has 0 radical (unpaired) electrons. The lowest BCUT2D eigenvalue weighted by molar-refractivity contribution is 0.0947. The average Bonchev–Trinajstić information content (AvgIpc) is 3.33. The summed E-state index contributed by atoms with van der Waals surface area (Å²) in [5.74, 6) is 1.16. The van der Waals surface area contributed by atoms with Crippen LogP contribution in [0.3, 0.4) is 0 Å². The van der Waals surface area contributed by atoms with E-state index in [0.29, 0.717) is 18.0 Å². The summed E-state index contributed by atoms with van der Waals surface area (Å²) in [4.78, 5) is 23.3. The lowest BCUT2D eigenvalue weighted by atomic mass is 10.1. The molecule has 1 aromatic heterocycles. The topological polar surface area (TPSA) is 58.1 Å². The zero-order chi connectivity index (χ0) is 14.7. The normalized spacial score (nSPS) is 18.7. The quantitative estimate of drug-likeness (QED) is 0.836. The van der Waals surface area contributed by atoms with E-state index in [9.17, 15) is 4.79 Å². The molecular weight excluding hydrogens is 264 g/mol. The number of aromatic nitrogens is 2. The van der Waals surface area contributed by atoms with E-state index in [2.05, 4.69) is 32.3 Å². The van der Waals surface area contributed by atoms with Gasteiger partial charge in [-0.25, -0.2) is 9.97 Å². The van der Waals surface area contributed by atoms with E-state index in [-0.39, 0.29) is 5.91 Å². The van der Waals surface area contributed by atoms with Crippen LogP contribution in [-0.4, -0.2) is 47.0 Å². The predicted octanol–water partition coefficient (Wildman–Crippen LogP) is 1.65. The number of hydrogen-bond donors (Lipinski definition) is 1. The number of nitrogens with zero attached hydrogens (tertiary/aromatic N) is 3. The molecule has 2 aliphatic rings. The molecule has 0 saturated heterocycles. The molecule has 0 bridgehead atoms. The van der Waals surface area contributed by atoms with E-state index in [1.807, 2.05) is 6.92 Å². The lowest BCUT2D eigenvalue weighted by Crippen LogP contribution is -2.36. The van der Waals surface area contributed by atoms with E-state index in [1.54, 1.807) is 6.20 Å². The molecule has 1 fully saturated rings. The van der Waals surface area contributed by atoms with E-state index < -0.39 is 0 Å². The molecule has 1 N–H and O–H groups in total. The van der Waals surface area contributed by atoms with Crippen LogP contribution in [0.15, 0.2) is 18.3 Å². The third kappa shape index (κ3) is 3.67. The van der Waals surface area contributed by atoms with Gasteiger partial charge in [0.05, 0.1) is 11.3 Å². The second-order valence-corrected chi connectivity index (χ2v) is 5.81. The van der Waals surface area contributed by atoms with Crippen molar-refractivity contribution in [1.29, 1.82) is 0 Å². The highest BCUT2D eigenvalue weighted by atomic mass is 16.1. The minimum Gasteiger partial charge on any atom is -0.351 e. The Balaban J connectivity index is 1.56. The molecule has 1 aromatic rings. The molecular formula is C16H22N4O. The van der Waals surface area contributed by atoms with Gasteiger partial charge in [-0.15, -0.1) is 0 Å². The maximum absolute atomic E-state index is 12.3. The number of amides is 1. The van der Waals surface area contributed by atoms with Crippen molar-refractivity contribution in [2.45, 2.75) is 32.1 Å². The molecule has 1 amide bonds. The molecule has 5 heteroatoms. The molecule has 1 aliphatic heterocycles. The van der Waals surface area contributed by atoms with Crippen molar-refractivity contribution in [3.8, 4) is 0 Å². The van der Waals surface area contributed by atoms with Crippen LogP contribution in [0.5, 0.6) is 0 Å². The summed E-state index contributed by atoms with van der Waals surface area (Å²) in [5, 5.41) is 3.00. The Morgan fingerprint density at radius 1 is 1.43 bits per heavy atom. The van der Waals surface area contributed by atoms with Crippen molar-refractivity contribution >= 4 is 5.91 Å². The van der Waals surface area contributed by atoms with E-state index >= 15 is 0 Å². The number of carbonyl (C=O) groups excluding carboxylic acids is 1. The fourth-order valence-corrected chi connectivity index (χ4v) is 2.65. The van der Waals surface area contributed by atoms with Crippen molar-refractivity contribution in [2.75, 3.05) is 26.2 Å². The first-order valence-corrected chi connectivity index (χ1v) is 7.73. The second-order valence-electron chi connectivity index (χ2n) is 5.81. The zero-order valence-electron chi connectivity index (χ0n) is 12.5. The first kappa shape index (κ1) is 14.2. The summed E-state index contributed by atoms with van der Waals surface area (Å²) >= 11 is 0. The van der Waals surface area contributed by atoms with Gasteiger partial charge in [0, 0.05) is 38.3 Å². The number of nitrogens with one attached hydrogen (secondary N) is 1. The molecule has 1 saturated carbocycles. The predicted molar refractivity (Wildman–Crippen MR) is 81.3 cm³/mol. The van der Waals surface area contributed by atoms with Crippen LogP contribution < -0.4 is 5.32 Å². The highest BCUT2D eigenvalue weighted by molar-refractivity contribution is 5.95. The van der Waals surface area contributed by atoms with Gasteiger partial charge >= 0.3 is 0 Å².